The van der Waals surface area contributed by atoms with Crippen molar-refractivity contribution in [3.8, 4) is 0 Å². The zero-order valence-corrected chi connectivity index (χ0v) is 12.0. The fourth-order valence-electron chi connectivity index (χ4n) is 2.38. The van der Waals surface area contributed by atoms with Gasteiger partial charge in [0.15, 0.2) is 11.6 Å². The summed E-state index contributed by atoms with van der Waals surface area (Å²) in [4.78, 5) is 12.2. The molecular weight excluding hydrogens is 280 g/mol. The number of aliphatic hydroxyl groups excluding tert-OH is 1. The minimum atomic E-state index is -1.13. The molecule has 1 aliphatic heterocycles. The molecule has 2 N–H and O–H groups in total. The zero-order chi connectivity index (χ0) is 15.6. The van der Waals surface area contributed by atoms with Crippen LogP contribution in [-0.2, 0) is 9.53 Å². The first-order valence-corrected chi connectivity index (χ1v) is 6.91. The van der Waals surface area contributed by atoms with Crippen LogP contribution in [-0.4, -0.2) is 29.3 Å². The maximum atomic E-state index is 13.2. The van der Waals surface area contributed by atoms with Gasteiger partial charge in [0.2, 0.25) is 0 Å². The summed E-state index contributed by atoms with van der Waals surface area (Å²) >= 11 is 0. The van der Waals surface area contributed by atoms with Gasteiger partial charge in [-0.3, -0.25) is 4.79 Å². The SMILES string of the molecule is CC(NC(=O)C1(C)CCCO1)C(O)c1ccc(F)c(F)c1. The Labute approximate surface area is 122 Å². The van der Waals surface area contributed by atoms with E-state index in [4.69, 9.17) is 4.74 Å². The summed E-state index contributed by atoms with van der Waals surface area (Å²) < 4.78 is 31.5. The second kappa shape index (κ2) is 6.07. The quantitative estimate of drug-likeness (QED) is 0.895. The predicted molar refractivity (Wildman–Crippen MR) is 72.5 cm³/mol. The van der Waals surface area contributed by atoms with Crippen molar-refractivity contribution in [2.24, 2.45) is 0 Å². The van der Waals surface area contributed by atoms with Crippen LogP contribution in [0.25, 0.3) is 0 Å². The number of ether oxygens (including phenoxy) is 1. The van der Waals surface area contributed by atoms with Crippen molar-refractivity contribution < 1.29 is 23.4 Å². The highest BCUT2D eigenvalue weighted by atomic mass is 19.2. The van der Waals surface area contributed by atoms with Gasteiger partial charge >= 0.3 is 0 Å². The van der Waals surface area contributed by atoms with Gasteiger partial charge in [-0.25, -0.2) is 8.78 Å². The Morgan fingerprint density at radius 2 is 2.14 bits per heavy atom. The lowest BCUT2D eigenvalue weighted by Gasteiger charge is -2.27. The van der Waals surface area contributed by atoms with E-state index >= 15 is 0 Å². The van der Waals surface area contributed by atoms with Gasteiger partial charge in [0, 0.05) is 6.61 Å². The lowest BCUT2D eigenvalue weighted by atomic mass is 9.99. The first kappa shape index (κ1) is 15.9. The summed E-state index contributed by atoms with van der Waals surface area (Å²) in [5, 5.41) is 12.8. The number of hydrogen-bond donors (Lipinski definition) is 2. The molecule has 21 heavy (non-hydrogen) atoms. The van der Waals surface area contributed by atoms with Crippen LogP contribution in [0.4, 0.5) is 8.78 Å². The van der Waals surface area contributed by atoms with Gasteiger partial charge in [-0.15, -0.1) is 0 Å². The summed E-state index contributed by atoms with van der Waals surface area (Å²) in [6.45, 7) is 3.83. The average molecular weight is 299 g/mol. The molecule has 2 rings (SSSR count). The topological polar surface area (TPSA) is 58.6 Å². The van der Waals surface area contributed by atoms with Crippen LogP contribution in [0.1, 0.15) is 38.4 Å². The van der Waals surface area contributed by atoms with Crippen LogP contribution >= 0.6 is 0 Å². The van der Waals surface area contributed by atoms with Gasteiger partial charge in [0.1, 0.15) is 5.60 Å². The van der Waals surface area contributed by atoms with Crippen molar-refractivity contribution in [2.75, 3.05) is 6.61 Å². The van der Waals surface area contributed by atoms with E-state index in [9.17, 15) is 18.7 Å². The highest BCUT2D eigenvalue weighted by molar-refractivity contribution is 5.85. The van der Waals surface area contributed by atoms with Crippen molar-refractivity contribution in [3.63, 3.8) is 0 Å². The van der Waals surface area contributed by atoms with Crippen molar-refractivity contribution >= 4 is 5.91 Å². The minimum Gasteiger partial charge on any atom is -0.386 e. The molecule has 6 heteroatoms. The second-order valence-corrected chi connectivity index (χ2v) is 5.56. The number of rotatable bonds is 4. The first-order chi connectivity index (χ1) is 9.83. The van der Waals surface area contributed by atoms with Crippen LogP contribution < -0.4 is 5.32 Å². The summed E-state index contributed by atoms with van der Waals surface area (Å²) in [7, 11) is 0. The second-order valence-electron chi connectivity index (χ2n) is 5.56. The summed E-state index contributed by atoms with van der Waals surface area (Å²) in [5.41, 5.74) is -0.679. The fraction of sp³-hybridized carbons (Fsp3) is 0.533. The molecule has 0 aliphatic carbocycles. The molecule has 1 aliphatic rings. The molecule has 0 radical (unpaired) electrons. The number of carbonyl (C=O) groups is 1. The van der Waals surface area contributed by atoms with Gasteiger partial charge in [-0.2, -0.15) is 0 Å². The minimum absolute atomic E-state index is 0.208. The maximum absolute atomic E-state index is 13.2. The molecule has 0 saturated carbocycles. The van der Waals surface area contributed by atoms with Crippen LogP contribution in [0.15, 0.2) is 18.2 Å². The first-order valence-electron chi connectivity index (χ1n) is 6.91. The predicted octanol–water partition coefficient (Wildman–Crippen LogP) is 2.07. The van der Waals surface area contributed by atoms with Crippen LogP contribution in [0.3, 0.4) is 0 Å². The van der Waals surface area contributed by atoms with Crippen LogP contribution in [0, 0.1) is 11.6 Å². The number of carbonyl (C=O) groups excluding carboxylic acids is 1. The molecule has 1 amide bonds. The number of amides is 1. The summed E-state index contributed by atoms with van der Waals surface area (Å²) in [6, 6.07) is 2.52. The Bertz CT molecular complexity index is 530. The highest BCUT2D eigenvalue weighted by Crippen LogP contribution is 2.26. The van der Waals surface area contributed by atoms with Gasteiger partial charge in [0.25, 0.3) is 5.91 Å². The molecule has 1 aromatic rings. The highest BCUT2D eigenvalue weighted by Gasteiger charge is 2.38. The fourth-order valence-corrected chi connectivity index (χ4v) is 2.38. The van der Waals surface area contributed by atoms with Gasteiger partial charge in [-0.05, 0) is 44.4 Å². The van der Waals surface area contributed by atoms with E-state index in [1.807, 2.05) is 0 Å². The Morgan fingerprint density at radius 3 is 2.71 bits per heavy atom. The molecular formula is C15H19F2NO3. The molecule has 1 saturated heterocycles. The molecule has 0 aromatic heterocycles. The Kier molecular flexibility index (Phi) is 4.58. The van der Waals surface area contributed by atoms with Crippen molar-refractivity contribution in [1.29, 1.82) is 0 Å². The summed E-state index contributed by atoms with van der Waals surface area (Å²) in [6.07, 6.45) is 0.297. The largest absolute Gasteiger partial charge is 0.386 e. The zero-order valence-electron chi connectivity index (χ0n) is 12.0. The van der Waals surface area contributed by atoms with E-state index in [1.165, 1.54) is 6.07 Å². The third-order valence-corrected chi connectivity index (χ3v) is 3.82. The van der Waals surface area contributed by atoms with E-state index in [2.05, 4.69) is 5.32 Å². The number of aliphatic hydroxyl groups is 1. The average Bonchev–Trinajstić information content (AvgIpc) is 2.89. The van der Waals surface area contributed by atoms with Crippen molar-refractivity contribution in [2.45, 2.75) is 44.4 Å². The van der Waals surface area contributed by atoms with E-state index in [0.29, 0.717) is 13.0 Å². The molecule has 1 aromatic carbocycles. The normalized spacial score (nSPS) is 24.6. The standard InChI is InChI=1S/C15H19F2NO3/c1-9(18-14(20)15(2)6-3-7-21-15)13(19)10-4-5-11(16)12(17)8-10/h4-5,8-9,13,19H,3,6-7H2,1-2H3,(H,18,20). The lowest BCUT2D eigenvalue weighted by Crippen LogP contribution is -2.48. The molecule has 1 fully saturated rings. The monoisotopic (exact) mass is 299 g/mol. The van der Waals surface area contributed by atoms with Gasteiger partial charge < -0.3 is 15.2 Å². The Balaban J connectivity index is 2.03. The number of benzene rings is 1. The number of nitrogens with one attached hydrogen (secondary N) is 1. The van der Waals surface area contributed by atoms with Gasteiger partial charge in [0.05, 0.1) is 12.1 Å². The smallest absolute Gasteiger partial charge is 0.252 e. The molecule has 4 nitrogen and oxygen atoms in total. The molecule has 0 bridgehead atoms. The van der Waals surface area contributed by atoms with Crippen molar-refractivity contribution in [1.82, 2.24) is 5.32 Å². The van der Waals surface area contributed by atoms with E-state index in [-0.39, 0.29) is 11.5 Å². The van der Waals surface area contributed by atoms with Crippen molar-refractivity contribution in [3.05, 3.63) is 35.4 Å². The van der Waals surface area contributed by atoms with E-state index in [1.54, 1.807) is 13.8 Å². The van der Waals surface area contributed by atoms with Crippen LogP contribution in [0.5, 0.6) is 0 Å². The lowest BCUT2D eigenvalue weighted by molar-refractivity contribution is -0.141. The van der Waals surface area contributed by atoms with Gasteiger partial charge in [-0.1, -0.05) is 6.07 Å². The molecule has 3 atom stereocenters. The third kappa shape index (κ3) is 3.39. The molecule has 1 heterocycles. The van der Waals surface area contributed by atoms with E-state index in [0.717, 1.165) is 18.6 Å². The Morgan fingerprint density at radius 1 is 1.43 bits per heavy atom. The molecule has 116 valence electrons. The molecule has 0 spiro atoms. The number of hydrogen-bond acceptors (Lipinski definition) is 3. The summed E-state index contributed by atoms with van der Waals surface area (Å²) in [5.74, 6) is -2.32. The number of halogens is 2. The van der Waals surface area contributed by atoms with E-state index < -0.39 is 29.4 Å². The van der Waals surface area contributed by atoms with Crippen LogP contribution in [0.2, 0.25) is 0 Å². The third-order valence-electron chi connectivity index (χ3n) is 3.82. The maximum Gasteiger partial charge on any atom is 0.252 e. The Hall–Kier alpha value is -1.53. The molecule has 3 unspecified atom stereocenters.